The van der Waals surface area contributed by atoms with Crippen LogP contribution in [0, 0.1) is 0 Å². The van der Waals surface area contributed by atoms with Gasteiger partial charge in [-0.3, -0.25) is 4.79 Å². The first-order chi connectivity index (χ1) is 12.3. The molecule has 0 atom stereocenters. The molecule has 6 heteroatoms. The minimum Gasteiger partial charge on any atom is -0.457 e. The van der Waals surface area contributed by atoms with E-state index >= 15 is 0 Å². The molecule has 1 N–H and O–H groups in total. The number of fused-ring (bicyclic) bond motifs is 1. The van der Waals surface area contributed by atoms with Crippen molar-refractivity contribution in [2.75, 3.05) is 5.32 Å². The molecule has 0 bridgehead atoms. The van der Waals surface area contributed by atoms with Gasteiger partial charge < -0.3 is 10.1 Å². The monoisotopic (exact) mass is 347 g/mol. The lowest BCUT2D eigenvalue weighted by Gasteiger charge is -2.11. The summed E-state index contributed by atoms with van der Waals surface area (Å²) in [5.74, 6) is 1.37. The first kappa shape index (κ1) is 15.3. The van der Waals surface area contributed by atoms with E-state index in [9.17, 15) is 4.79 Å². The zero-order chi connectivity index (χ0) is 17.1. The van der Waals surface area contributed by atoms with Gasteiger partial charge in [-0.15, -0.1) is 11.3 Å². The molecule has 0 aliphatic rings. The molecule has 1 amide bonds. The van der Waals surface area contributed by atoms with Gasteiger partial charge >= 0.3 is 0 Å². The van der Waals surface area contributed by atoms with Crippen LogP contribution in [0.3, 0.4) is 0 Å². The lowest BCUT2D eigenvalue weighted by molar-refractivity contribution is 0.102. The van der Waals surface area contributed by atoms with Crippen LogP contribution in [0.1, 0.15) is 10.4 Å². The lowest BCUT2D eigenvalue weighted by atomic mass is 10.2. The summed E-state index contributed by atoms with van der Waals surface area (Å²) in [5, 5.41) is 5.59. The molecule has 5 nitrogen and oxygen atoms in total. The minimum absolute atomic E-state index is 0.280. The van der Waals surface area contributed by atoms with Crippen LogP contribution in [0.5, 0.6) is 11.5 Å². The molecule has 2 aromatic carbocycles. The summed E-state index contributed by atoms with van der Waals surface area (Å²) in [5.41, 5.74) is 0.438. The Morgan fingerprint density at radius 3 is 2.64 bits per heavy atom. The summed E-state index contributed by atoms with van der Waals surface area (Å²) in [6.45, 7) is 0. The van der Waals surface area contributed by atoms with E-state index in [1.807, 2.05) is 47.8 Å². The molecular formula is C19H13N3O2S. The van der Waals surface area contributed by atoms with Gasteiger partial charge in [-0.25, -0.2) is 9.97 Å². The first-order valence-corrected chi connectivity index (χ1v) is 8.51. The smallest absolute Gasteiger partial charge is 0.260 e. The number of amides is 1. The number of rotatable bonds is 4. The van der Waals surface area contributed by atoms with Gasteiger partial charge in [-0.05, 0) is 35.7 Å². The highest BCUT2D eigenvalue weighted by atomic mass is 32.1. The summed E-state index contributed by atoms with van der Waals surface area (Å²) in [4.78, 5) is 21.9. The quantitative estimate of drug-likeness (QED) is 0.579. The highest BCUT2D eigenvalue weighted by Gasteiger charge is 2.15. The third-order valence-corrected chi connectivity index (χ3v) is 4.42. The van der Waals surface area contributed by atoms with Crippen molar-refractivity contribution in [3.8, 4) is 11.5 Å². The molecule has 4 aromatic rings. The predicted octanol–water partition coefficient (Wildman–Crippen LogP) is 4.74. The summed E-state index contributed by atoms with van der Waals surface area (Å²) in [7, 11) is 0. The molecule has 0 aliphatic carbocycles. The van der Waals surface area contributed by atoms with Crippen molar-refractivity contribution in [2.45, 2.75) is 0 Å². The van der Waals surface area contributed by atoms with E-state index in [0.29, 0.717) is 22.9 Å². The maximum Gasteiger partial charge on any atom is 0.260 e. The number of carbonyl (C=O) groups excluding carboxylic acids is 1. The second-order valence-electron chi connectivity index (χ2n) is 5.23. The zero-order valence-electron chi connectivity index (χ0n) is 13.0. The van der Waals surface area contributed by atoms with E-state index in [0.717, 1.165) is 10.2 Å². The van der Waals surface area contributed by atoms with Gasteiger partial charge in [0.2, 0.25) is 0 Å². The Bertz CT molecular complexity index is 1030. The number of hydrogen-bond acceptors (Lipinski definition) is 5. The largest absolute Gasteiger partial charge is 0.457 e. The minimum atomic E-state index is -0.280. The molecule has 0 fully saturated rings. The average molecular weight is 347 g/mol. The Hall–Kier alpha value is -3.25. The number of benzene rings is 2. The Kier molecular flexibility index (Phi) is 4.10. The maximum absolute atomic E-state index is 12.7. The molecule has 0 spiro atoms. The topological polar surface area (TPSA) is 64.1 Å². The number of aromatic nitrogens is 2. The van der Waals surface area contributed by atoms with Crippen molar-refractivity contribution in [2.24, 2.45) is 0 Å². The third kappa shape index (κ3) is 3.20. The van der Waals surface area contributed by atoms with Gasteiger partial charge in [-0.2, -0.15) is 0 Å². The van der Waals surface area contributed by atoms with Crippen molar-refractivity contribution in [3.63, 3.8) is 0 Å². The zero-order valence-corrected chi connectivity index (χ0v) is 13.9. The van der Waals surface area contributed by atoms with Gasteiger partial charge in [-0.1, -0.05) is 30.3 Å². The van der Waals surface area contributed by atoms with Crippen LogP contribution in [0.4, 0.5) is 5.82 Å². The number of carbonyl (C=O) groups is 1. The molecule has 2 heterocycles. The second kappa shape index (κ2) is 6.70. The van der Waals surface area contributed by atoms with E-state index in [4.69, 9.17) is 4.74 Å². The van der Waals surface area contributed by atoms with Crippen molar-refractivity contribution >= 4 is 33.3 Å². The van der Waals surface area contributed by atoms with Gasteiger partial charge in [0.25, 0.3) is 5.91 Å². The van der Waals surface area contributed by atoms with Crippen molar-refractivity contribution < 1.29 is 9.53 Å². The molecule has 0 saturated carbocycles. The molecule has 122 valence electrons. The molecule has 0 unspecified atom stereocenters. The van der Waals surface area contributed by atoms with E-state index in [1.165, 1.54) is 17.7 Å². The summed E-state index contributed by atoms with van der Waals surface area (Å²) >= 11 is 1.50. The second-order valence-corrected chi connectivity index (χ2v) is 6.12. The Labute approximate surface area is 147 Å². The standard InChI is InChI=1S/C19H13N3O2S/c23-18(22-17-15-10-11-25-19(15)21-12-20-17)14-8-4-5-9-16(14)24-13-6-2-1-3-7-13/h1-12H,(H,20,21,22,23). The fourth-order valence-corrected chi connectivity index (χ4v) is 3.16. The SMILES string of the molecule is O=C(Nc1ncnc2sccc12)c1ccccc1Oc1ccccc1. The van der Waals surface area contributed by atoms with Crippen LogP contribution in [0.15, 0.2) is 72.4 Å². The first-order valence-electron chi connectivity index (χ1n) is 7.63. The van der Waals surface area contributed by atoms with Crippen molar-refractivity contribution in [1.29, 1.82) is 0 Å². The number of hydrogen-bond donors (Lipinski definition) is 1. The van der Waals surface area contributed by atoms with E-state index in [-0.39, 0.29) is 5.91 Å². The summed E-state index contributed by atoms with van der Waals surface area (Å²) < 4.78 is 5.85. The fraction of sp³-hybridized carbons (Fsp3) is 0. The summed E-state index contributed by atoms with van der Waals surface area (Å²) in [6.07, 6.45) is 1.45. The van der Waals surface area contributed by atoms with Crippen LogP contribution in [-0.2, 0) is 0 Å². The molecule has 25 heavy (non-hydrogen) atoms. The molecule has 0 radical (unpaired) electrons. The highest BCUT2D eigenvalue weighted by Crippen LogP contribution is 2.27. The lowest BCUT2D eigenvalue weighted by Crippen LogP contribution is -2.14. The molecule has 0 aliphatic heterocycles. The number of para-hydroxylation sites is 2. The van der Waals surface area contributed by atoms with Gasteiger partial charge in [0.1, 0.15) is 28.5 Å². The number of ether oxygens (including phenoxy) is 1. The van der Waals surface area contributed by atoms with Crippen LogP contribution in [0.2, 0.25) is 0 Å². The molecule has 4 rings (SSSR count). The van der Waals surface area contributed by atoms with Crippen LogP contribution in [-0.4, -0.2) is 15.9 Å². The predicted molar refractivity (Wildman–Crippen MR) is 98.3 cm³/mol. The van der Waals surface area contributed by atoms with Gasteiger partial charge in [0.05, 0.1) is 10.9 Å². The van der Waals surface area contributed by atoms with Gasteiger partial charge in [0.15, 0.2) is 0 Å². The Morgan fingerprint density at radius 2 is 1.76 bits per heavy atom. The number of thiophene rings is 1. The van der Waals surface area contributed by atoms with Crippen LogP contribution in [0.25, 0.3) is 10.2 Å². The average Bonchev–Trinajstić information content (AvgIpc) is 3.13. The van der Waals surface area contributed by atoms with Crippen LogP contribution < -0.4 is 10.1 Å². The number of nitrogens with zero attached hydrogens (tertiary/aromatic N) is 2. The Balaban J connectivity index is 1.63. The number of anilines is 1. The molecular weight excluding hydrogens is 334 g/mol. The maximum atomic E-state index is 12.7. The van der Waals surface area contributed by atoms with Crippen molar-refractivity contribution in [3.05, 3.63) is 77.9 Å². The van der Waals surface area contributed by atoms with Crippen LogP contribution >= 0.6 is 11.3 Å². The number of nitrogens with one attached hydrogen (secondary N) is 1. The normalized spacial score (nSPS) is 10.6. The fourth-order valence-electron chi connectivity index (χ4n) is 2.42. The van der Waals surface area contributed by atoms with E-state index < -0.39 is 0 Å². The summed E-state index contributed by atoms with van der Waals surface area (Å²) in [6, 6.07) is 18.4. The van der Waals surface area contributed by atoms with E-state index in [1.54, 1.807) is 18.2 Å². The van der Waals surface area contributed by atoms with E-state index in [2.05, 4.69) is 15.3 Å². The van der Waals surface area contributed by atoms with Crippen molar-refractivity contribution in [1.82, 2.24) is 9.97 Å². The molecule has 0 saturated heterocycles. The third-order valence-electron chi connectivity index (χ3n) is 3.60. The Morgan fingerprint density at radius 1 is 0.960 bits per heavy atom. The highest BCUT2D eigenvalue weighted by molar-refractivity contribution is 7.16. The van der Waals surface area contributed by atoms with Gasteiger partial charge in [0, 0.05) is 0 Å². The molecule has 2 aromatic heterocycles.